The Labute approximate surface area is 216 Å². The third kappa shape index (κ3) is 8.07. The number of hydroxylamine groups is 3. The van der Waals surface area contributed by atoms with Crippen molar-refractivity contribution in [3.63, 3.8) is 0 Å². The largest absolute Gasteiger partial charge is 0.444 e. The van der Waals surface area contributed by atoms with Gasteiger partial charge in [0.15, 0.2) is 6.29 Å². The summed E-state index contributed by atoms with van der Waals surface area (Å²) in [5, 5.41) is 15.8. The van der Waals surface area contributed by atoms with Crippen molar-refractivity contribution in [3.8, 4) is 0 Å². The molecule has 0 aromatic heterocycles. The van der Waals surface area contributed by atoms with Crippen molar-refractivity contribution in [2.24, 2.45) is 0 Å². The van der Waals surface area contributed by atoms with Gasteiger partial charge in [-0.15, -0.1) is 0 Å². The number of hydrogen-bond acceptors (Lipinski definition) is 9. The fourth-order valence-electron chi connectivity index (χ4n) is 4.44. The van der Waals surface area contributed by atoms with Crippen LogP contribution >= 0.6 is 0 Å². The average Bonchev–Trinajstić information content (AvgIpc) is 2.99. The number of rotatable bonds is 6. The van der Waals surface area contributed by atoms with E-state index < -0.39 is 47.7 Å². The summed E-state index contributed by atoms with van der Waals surface area (Å²) in [6.07, 6.45) is -0.576. The highest BCUT2D eigenvalue weighted by atomic mass is 16.7. The lowest BCUT2D eigenvalue weighted by Crippen LogP contribution is -2.61. The van der Waals surface area contributed by atoms with Gasteiger partial charge in [-0.05, 0) is 67.2 Å². The van der Waals surface area contributed by atoms with Gasteiger partial charge < -0.3 is 14.4 Å². The normalized spacial score (nSPS) is 23.2. The molecule has 0 aromatic rings. The number of alkyl carbamates (subject to hydrolysis) is 2. The minimum absolute atomic E-state index is 0.279. The van der Waals surface area contributed by atoms with E-state index in [0.29, 0.717) is 50.4 Å². The van der Waals surface area contributed by atoms with E-state index in [1.807, 2.05) is 4.90 Å². The zero-order valence-corrected chi connectivity index (χ0v) is 22.4. The van der Waals surface area contributed by atoms with E-state index in [9.17, 15) is 24.4 Å². The fourth-order valence-corrected chi connectivity index (χ4v) is 4.44. The summed E-state index contributed by atoms with van der Waals surface area (Å²) in [7, 11) is 0. The second kappa shape index (κ2) is 11.3. The lowest BCUT2D eigenvalue weighted by molar-refractivity contribution is -0.146. The fraction of sp³-hybridized carbons (Fsp3) is 0.826. The van der Waals surface area contributed by atoms with Crippen molar-refractivity contribution in [2.75, 3.05) is 19.6 Å². The van der Waals surface area contributed by atoms with Crippen LogP contribution in [0.2, 0.25) is 0 Å². The van der Waals surface area contributed by atoms with Gasteiger partial charge in [0.1, 0.15) is 17.2 Å². The maximum absolute atomic E-state index is 12.7. The molecular formula is C23H40N6O8. The van der Waals surface area contributed by atoms with Crippen LogP contribution in [0.1, 0.15) is 67.2 Å². The van der Waals surface area contributed by atoms with Crippen LogP contribution in [0.25, 0.3) is 0 Å². The van der Waals surface area contributed by atoms with Crippen LogP contribution in [0, 0.1) is 0 Å². The molecule has 14 heteroatoms. The number of ether oxygens (including phenoxy) is 2. The van der Waals surface area contributed by atoms with Gasteiger partial charge in [-0.2, -0.15) is 0 Å². The molecule has 37 heavy (non-hydrogen) atoms. The van der Waals surface area contributed by atoms with Gasteiger partial charge in [0.25, 0.3) is 5.91 Å². The zero-order chi connectivity index (χ0) is 27.5. The molecule has 3 fully saturated rings. The standard InChI is InChI=1S/C23H40N6O8/c1-22(2,3)35-19(31)24-18(25-20(32)36-23(4,5)6)27-11-9-15(10-12-27)37-26-17(30)16-8-7-14-13-28(16)21(33)29(14)34/h14-16,18,34H,7-13H2,1-6H3,(H,24,31)(H,25,32)(H,26,30)/t14-,16+/m1/s1. The number of urea groups is 1. The average molecular weight is 529 g/mol. The van der Waals surface area contributed by atoms with Crippen LogP contribution in [0.15, 0.2) is 0 Å². The molecule has 3 aliphatic rings. The summed E-state index contributed by atoms with van der Waals surface area (Å²) < 4.78 is 10.7. The molecule has 0 radical (unpaired) electrons. The molecular weight excluding hydrogens is 488 g/mol. The van der Waals surface area contributed by atoms with Gasteiger partial charge in [-0.25, -0.2) is 24.9 Å². The molecule has 0 spiro atoms. The number of nitrogens with zero attached hydrogens (tertiary/aromatic N) is 3. The Kier molecular flexibility index (Phi) is 8.75. The van der Waals surface area contributed by atoms with E-state index in [4.69, 9.17) is 14.3 Å². The van der Waals surface area contributed by atoms with Crippen molar-refractivity contribution in [1.29, 1.82) is 0 Å². The van der Waals surface area contributed by atoms with Gasteiger partial charge in [0.05, 0.1) is 12.1 Å². The predicted octanol–water partition coefficient (Wildman–Crippen LogP) is 1.49. The quantitative estimate of drug-likeness (QED) is 0.227. The number of hydrogen-bond donors (Lipinski definition) is 4. The first kappa shape index (κ1) is 28.7. The molecule has 210 valence electrons. The molecule has 3 heterocycles. The molecule has 3 rings (SSSR count). The van der Waals surface area contributed by atoms with Crippen LogP contribution in [-0.2, 0) is 19.1 Å². The van der Waals surface area contributed by atoms with E-state index in [2.05, 4.69) is 16.1 Å². The summed E-state index contributed by atoms with van der Waals surface area (Å²) >= 11 is 0. The van der Waals surface area contributed by atoms with Crippen molar-refractivity contribution in [1.82, 2.24) is 31.0 Å². The number of likely N-dealkylation sites (tertiary alicyclic amines) is 1. The van der Waals surface area contributed by atoms with Crippen molar-refractivity contribution >= 4 is 24.1 Å². The Morgan fingerprint density at radius 1 is 0.919 bits per heavy atom. The summed E-state index contributed by atoms with van der Waals surface area (Å²) in [4.78, 5) is 58.4. The highest BCUT2D eigenvalue weighted by molar-refractivity contribution is 5.87. The maximum Gasteiger partial charge on any atom is 0.410 e. The van der Waals surface area contributed by atoms with Crippen molar-refractivity contribution < 1.29 is 38.7 Å². The Hall–Kier alpha value is -2.84. The second-order valence-electron chi connectivity index (χ2n) is 11.5. The maximum atomic E-state index is 12.7. The molecule has 0 saturated carbocycles. The number of carbonyl (C=O) groups excluding carboxylic acids is 4. The zero-order valence-electron chi connectivity index (χ0n) is 22.4. The first-order valence-corrected chi connectivity index (χ1v) is 12.6. The third-order valence-electron chi connectivity index (χ3n) is 6.12. The predicted molar refractivity (Wildman–Crippen MR) is 129 cm³/mol. The molecule has 0 aliphatic carbocycles. The van der Waals surface area contributed by atoms with Crippen LogP contribution < -0.4 is 16.1 Å². The Morgan fingerprint density at radius 3 is 1.97 bits per heavy atom. The number of amides is 5. The SMILES string of the molecule is CC(C)(C)OC(=O)NC(NC(=O)OC(C)(C)C)N1CCC(ONC(=O)[C@@H]2CC[C@@H]3CN2C(=O)N3O)CC1. The Balaban J connectivity index is 1.51. The van der Waals surface area contributed by atoms with E-state index in [1.54, 1.807) is 41.5 Å². The number of nitrogens with one attached hydrogen (secondary N) is 3. The highest BCUT2D eigenvalue weighted by Gasteiger charge is 2.47. The van der Waals surface area contributed by atoms with Gasteiger partial charge >= 0.3 is 18.2 Å². The monoisotopic (exact) mass is 528 g/mol. The molecule has 2 atom stereocenters. The van der Waals surface area contributed by atoms with Gasteiger partial charge in [-0.1, -0.05) is 0 Å². The summed E-state index contributed by atoms with van der Waals surface area (Å²) in [6.45, 7) is 11.6. The van der Waals surface area contributed by atoms with Gasteiger partial charge in [0, 0.05) is 19.6 Å². The number of fused-ring (bicyclic) bond motifs is 2. The van der Waals surface area contributed by atoms with Gasteiger partial charge in [-0.3, -0.25) is 30.4 Å². The van der Waals surface area contributed by atoms with Crippen LogP contribution in [0.5, 0.6) is 0 Å². The van der Waals surface area contributed by atoms with Crippen LogP contribution in [-0.4, -0.2) is 99.5 Å². The number of piperidine rings is 2. The first-order valence-electron chi connectivity index (χ1n) is 12.6. The molecule has 2 bridgehead atoms. The first-order chi connectivity index (χ1) is 17.1. The minimum atomic E-state index is -0.877. The van der Waals surface area contributed by atoms with Gasteiger partial charge in [0.2, 0.25) is 0 Å². The molecule has 3 saturated heterocycles. The lowest BCUT2D eigenvalue weighted by atomic mass is 10.0. The summed E-state index contributed by atoms with van der Waals surface area (Å²) in [6, 6.07) is -1.54. The molecule has 3 aliphatic heterocycles. The molecule has 0 aromatic carbocycles. The van der Waals surface area contributed by atoms with Crippen LogP contribution in [0.3, 0.4) is 0 Å². The number of carbonyl (C=O) groups is 4. The topological polar surface area (TPSA) is 162 Å². The molecule has 0 unspecified atom stereocenters. The highest BCUT2D eigenvalue weighted by Crippen LogP contribution is 2.28. The lowest BCUT2D eigenvalue weighted by Gasteiger charge is -2.38. The van der Waals surface area contributed by atoms with E-state index >= 15 is 0 Å². The Bertz CT molecular complexity index is 834. The summed E-state index contributed by atoms with van der Waals surface area (Å²) in [5.74, 6) is -0.430. The second-order valence-corrected chi connectivity index (χ2v) is 11.5. The Morgan fingerprint density at radius 2 is 1.46 bits per heavy atom. The smallest absolute Gasteiger partial charge is 0.410 e. The van der Waals surface area contributed by atoms with E-state index in [1.165, 1.54) is 4.90 Å². The minimum Gasteiger partial charge on any atom is -0.444 e. The molecule has 14 nitrogen and oxygen atoms in total. The third-order valence-corrected chi connectivity index (χ3v) is 6.12. The molecule has 4 N–H and O–H groups in total. The summed E-state index contributed by atoms with van der Waals surface area (Å²) in [5.41, 5.74) is 1.04. The van der Waals surface area contributed by atoms with E-state index in [-0.39, 0.29) is 12.1 Å². The van der Waals surface area contributed by atoms with E-state index in [0.717, 1.165) is 0 Å². The van der Waals surface area contributed by atoms with Crippen molar-refractivity contribution in [2.45, 2.75) is 103 Å². The molecule has 5 amide bonds. The van der Waals surface area contributed by atoms with Crippen LogP contribution in [0.4, 0.5) is 14.4 Å². The van der Waals surface area contributed by atoms with Crippen molar-refractivity contribution in [3.05, 3.63) is 0 Å².